The van der Waals surface area contributed by atoms with E-state index in [1.807, 2.05) is 30.3 Å². The number of hydrogen-bond acceptors (Lipinski definition) is 4. The maximum absolute atomic E-state index is 11.7. The Morgan fingerprint density at radius 1 is 1.29 bits per heavy atom. The molecule has 2 aromatic rings. The number of carbonyl (C=O) groups excluding carboxylic acids is 1. The normalized spacial score (nSPS) is 20.0. The van der Waals surface area contributed by atoms with Crippen LogP contribution in [0.5, 0.6) is 0 Å². The van der Waals surface area contributed by atoms with Gasteiger partial charge in [-0.2, -0.15) is 0 Å². The fourth-order valence-corrected chi connectivity index (χ4v) is 4.29. The largest absolute Gasteiger partial charge is 0.331 e. The number of thiol groups is 1. The third kappa shape index (κ3) is 3.86. The highest BCUT2D eigenvalue weighted by Crippen LogP contribution is 2.32. The summed E-state index contributed by atoms with van der Waals surface area (Å²) < 4.78 is -0.141. The number of hydrogen-bond donors (Lipinski definition) is 2. The second-order valence-electron chi connectivity index (χ2n) is 4.61. The van der Waals surface area contributed by atoms with Crippen LogP contribution >= 0.6 is 47.3 Å². The Balaban J connectivity index is 1.73. The van der Waals surface area contributed by atoms with Gasteiger partial charge in [0.15, 0.2) is 0 Å². The van der Waals surface area contributed by atoms with Crippen LogP contribution < -0.4 is 5.32 Å². The van der Waals surface area contributed by atoms with E-state index in [9.17, 15) is 4.79 Å². The van der Waals surface area contributed by atoms with Crippen molar-refractivity contribution in [2.45, 2.75) is 11.1 Å². The molecule has 1 N–H and O–H groups in total. The molecule has 3 rings (SSSR count). The van der Waals surface area contributed by atoms with Gasteiger partial charge < -0.3 is 5.32 Å². The molecule has 108 valence electrons. The van der Waals surface area contributed by atoms with Crippen LogP contribution in [0.25, 0.3) is 6.08 Å². The van der Waals surface area contributed by atoms with E-state index in [-0.39, 0.29) is 10.6 Å². The average Bonchev–Trinajstić information content (AvgIpc) is 3.00. The Kier molecular flexibility index (Phi) is 4.64. The van der Waals surface area contributed by atoms with Crippen molar-refractivity contribution in [3.05, 3.63) is 61.6 Å². The van der Waals surface area contributed by atoms with Gasteiger partial charge in [-0.3, -0.25) is 4.79 Å². The van der Waals surface area contributed by atoms with Crippen LogP contribution in [0.15, 0.2) is 40.6 Å². The predicted molar refractivity (Wildman–Crippen MR) is 95.1 cm³/mol. The van der Waals surface area contributed by atoms with Gasteiger partial charge in [-0.15, -0.1) is 24.0 Å². The molecule has 1 amide bonds. The van der Waals surface area contributed by atoms with E-state index in [2.05, 4.69) is 29.4 Å². The molecule has 1 unspecified atom stereocenters. The molecule has 1 aromatic heterocycles. The minimum absolute atomic E-state index is 0.0485. The summed E-state index contributed by atoms with van der Waals surface area (Å²) in [7, 11) is 0. The molecule has 1 atom stereocenters. The Bertz CT molecular complexity index is 693. The van der Waals surface area contributed by atoms with E-state index in [1.165, 1.54) is 22.9 Å². The standard InChI is InChI=1S/C15H12ClNOS3/c16-11-3-1-9(2-4-11)5-10-6-12(20-8-10)7-13-14(18)17-15(19)21-13/h1-4,6-8,15,19H,5H2,(H,17,18)/b13-7-. The molecule has 0 spiro atoms. The van der Waals surface area contributed by atoms with E-state index < -0.39 is 0 Å². The highest BCUT2D eigenvalue weighted by atomic mass is 35.5. The van der Waals surface area contributed by atoms with Crippen molar-refractivity contribution in [1.29, 1.82) is 0 Å². The van der Waals surface area contributed by atoms with Gasteiger partial charge >= 0.3 is 0 Å². The molecule has 1 aliphatic heterocycles. The molecule has 1 fully saturated rings. The van der Waals surface area contributed by atoms with Crippen molar-refractivity contribution in [2.75, 3.05) is 0 Å². The van der Waals surface area contributed by atoms with E-state index in [0.29, 0.717) is 0 Å². The summed E-state index contributed by atoms with van der Waals surface area (Å²) in [6, 6.07) is 9.98. The first-order valence-electron chi connectivity index (χ1n) is 6.29. The molecule has 2 heterocycles. The van der Waals surface area contributed by atoms with Gasteiger partial charge in [-0.05, 0) is 47.2 Å². The summed E-state index contributed by atoms with van der Waals surface area (Å²) in [5.41, 5.74) is 2.46. The Labute approximate surface area is 142 Å². The third-order valence-electron chi connectivity index (χ3n) is 2.99. The summed E-state index contributed by atoms with van der Waals surface area (Å²) in [5, 5.41) is 5.62. The molecule has 0 bridgehead atoms. The number of halogens is 1. The first-order chi connectivity index (χ1) is 10.1. The van der Waals surface area contributed by atoms with Gasteiger partial charge in [-0.1, -0.05) is 35.5 Å². The lowest BCUT2D eigenvalue weighted by atomic mass is 10.1. The predicted octanol–water partition coefficient (Wildman–Crippen LogP) is 4.41. The SMILES string of the molecule is O=C1NC(S)S/C1=C\c1cc(Cc2ccc(Cl)cc2)cs1. The minimum Gasteiger partial charge on any atom is -0.331 e. The number of nitrogens with one attached hydrogen (secondary N) is 1. The highest BCUT2D eigenvalue weighted by molar-refractivity contribution is 8.14. The number of amides is 1. The van der Waals surface area contributed by atoms with Crippen molar-refractivity contribution >= 4 is 59.3 Å². The fourth-order valence-electron chi connectivity index (χ4n) is 2.02. The maximum Gasteiger partial charge on any atom is 0.259 e. The summed E-state index contributed by atoms with van der Waals surface area (Å²) in [4.78, 5) is 13.5. The average molecular weight is 354 g/mol. The van der Waals surface area contributed by atoms with Gasteiger partial charge in [0.2, 0.25) is 0 Å². The summed E-state index contributed by atoms with van der Waals surface area (Å²) in [6.45, 7) is 0. The van der Waals surface area contributed by atoms with E-state index >= 15 is 0 Å². The number of rotatable bonds is 3. The maximum atomic E-state index is 11.7. The molecule has 1 aromatic carbocycles. The zero-order valence-electron chi connectivity index (χ0n) is 10.9. The lowest BCUT2D eigenvalue weighted by Crippen LogP contribution is -2.19. The monoisotopic (exact) mass is 353 g/mol. The van der Waals surface area contributed by atoms with Gasteiger partial charge in [0.25, 0.3) is 5.91 Å². The number of benzene rings is 1. The molecule has 21 heavy (non-hydrogen) atoms. The molecule has 0 radical (unpaired) electrons. The van der Waals surface area contributed by atoms with Gasteiger partial charge in [0.05, 0.1) is 4.91 Å². The number of carbonyl (C=O) groups is 1. The molecular formula is C15H12ClNOS3. The third-order valence-corrected chi connectivity index (χ3v) is 5.51. The number of thioether (sulfide) groups is 1. The lowest BCUT2D eigenvalue weighted by Gasteiger charge is -1.98. The van der Waals surface area contributed by atoms with Crippen LogP contribution in [0.3, 0.4) is 0 Å². The number of thiophene rings is 1. The molecule has 2 nitrogen and oxygen atoms in total. The zero-order valence-corrected chi connectivity index (χ0v) is 14.2. The first-order valence-corrected chi connectivity index (χ1v) is 8.95. The van der Waals surface area contributed by atoms with Gasteiger partial charge in [0, 0.05) is 9.90 Å². The summed E-state index contributed by atoms with van der Waals surface area (Å²) >= 11 is 13.2. The second kappa shape index (κ2) is 6.48. The molecule has 6 heteroatoms. The second-order valence-corrected chi connectivity index (χ2v) is 8.00. The zero-order chi connectivity index (χ0) is 14.8. The van der Waals surface area contributed by atoms with Crippen molar-refractivity contribution in [2.24, 2.45) is 0 Å². The van der Waals surface area contributed by atoms with Crippen LogP contribution in [-0.4, -0.2) is 10.6 Å². The summed E-state index contributed by atoms with van der Waals surface area (Å²) in [6.07, 6.45) is 2.79. The Hall–Kier alpha value is -0.880. The molecular weight excluding hydrogens is 342 g/mol. The van der Waals surface area contributed by atoms with Crippen LogP contribution in [0, 0.1) is 0 Å². The van der Waals surface area contributed by atoms with Crippen LogP contribution in [0.2, 0.25) is 5.02 Å². The van der Waals surface area contributed by atoms with Crippen LogP contribution in [0.1, 0.15) is 16.0 Å². The summed E-state index contributed by atoms with van der Waals surface area (Å²) in [5.74, 6) is -0.0485. The van der Waals surface area contributed by atoms with Crippen molar-refractivity contribution in [3.63, 3.8) is 0 Å². The van der Waals surface area contributed by atoms with Gasteiger partial charge in [-0.25, -0.2) is 0 Å². The molecule has 1 saturated heterocycles. The molecule has 0 aliphatic carbocycles. The van der Waals surface area contributed by atoms with Crippen molar-refractivity contribution in [1.82, 2.24) is 5.32 Å². The van der Waals surface area contributed by atoms with Gasteiger partial charge in [0.1, 0.15) is 4.71 Å². The van der Waals surface area contributed by atoms with Crippen LogP contribution in [0.4, 0.5) is 0 Å². The van der Waals surface area contributed by atoms with Crippen molar-refractivity contribution in [3.8, 4) is 0 Å². The minimum atomic E-state index is -0.141. The smallest absolute Gasteiger partial charge is 0.259 e. The fraction of sp³-hybridized carbons (Fsp3) is 0.133. The molecule has 0 saturated carbocycles. The Morgan fingerprint density at radius 3 is 2.71 bits per heavy atom. The molecule has 1 aliphatic rings. The van der Waals surface area contributed by atoms with Crippen molar-refractivity contribution < 1.29 is 4.79 Å². The quantitative estimate of drug-likeness (QED) is 0.632. The Morgan fingerprint density at radius 2 is 2.05 bits per heavy atom. The van der Waals surface area contributed by atoms with Crippen LogP contribution in [-0.2, 0) is 11.2 Å². The first kappa shape index (κ1) is 15.0. The highest BCUT2D eigenvalue weighted by Gasteiger charge is 2.24. The van der Waals surface area contributed by atoms with E-state index in [0.717, 1.165) is 21.2 Å². The van der Waals surface area contributed by atoms with E-state index in [4.69, 9.17) is 11.6 Å². The topological polar surface area (TPSA) is 29.1 Å². The lowest BCUT2D eigenvalue weighted by molar-refractivity contribution is -0.116. The van der Waals surface area contributed by atoms with E-state index in [1.54, 1.807) is 11.3 Å².